The van der Waals surface area contributed by atoms with Crippen LogP contribution >= 0.6 is 0 Å². The summed E-state index contributed by atoms with van der Waals surface area (Å²) in [4.78, 5) is 0. The minimum Gasteiger partial charge on any atom is -0.507 e. The highest BCUT2D eigenvalue weighted by Gasteiger charge is 2.33. The molecule has 0 unspecified atom stereocenters. The molecule has 1 aromatic carbocycles. The van der Waals surface area contributed by atoms with Crippen LogP contribution in [0.15, 0.2) is 12.1 Å². The molecule has 0 saturated carbocycles. The Bertz CT molecular complexity index is 369. The minimum absolute atomic E-state index is 0.0669. The van der Waals surface area contributed by atoms with Crippen LogP contribution < -0.4 is 4.65 Å². The first-order valence-corrected chi connectivity index (χ1v) is 3.84. The van der Waals surface area contributed by atoms with E-state index in [1.165, 1.54) is 0 Å². The normalized spacial score (nSPS) is 11.4. The third kappa shape index (κ3) is 2.77. The summed E-state index contributed by atoms with van der Waals surface area (Å²) >= 11 is 0. The molecule has 0 fully saturated rings. The molecule has 0 aliphatic rings. The van der Waals surface area contributed by atoms with Crippen LogP contribution in [0.25, 0.3) is 0 Å². The number of halogens is 4. The van der Waals surface area contributed by atoms with Gasteiger partial charge in [0, 0.05) is 0 Å². The van der Waals surface area contributed by atoms with Crippen LogP contribution in [0.5, 0.6) is 11.5 Å². The summed E-state index contributed by atoms with van der Waals surface area (Å²) in [5.74, 6) is -3.80. The second kappa shape index (κ2) is 4.18. The maximum Gasteiger partial charge on any atom is 0.707 e. The molecule has 0 saturated heterocycles. The summed E-state index contributed by atoms with van der Waals surface area (Å²) in [5.41, 5.74) is -1.41. The van der Waals surface area contributed by atoms with Gasteiger partial charge in [-0.25, -0.2) is 4.39 Å². The van der Waals surface area contributed by atoms with E-state index in [0.717, 1.165) is 0 Å². The number of benzene rings is 1. The predicted molar refractivity (Wildman–Crippen MR) is 43.9 cm³/mol. The molecule has 0 aliphatic heterocycles. The second-order valence-electron chi connectivity index (χ2n) is 2.75. The summed E-state index contributed by atoms with van der Waals surface area (Å²) in [7, 11) is -2.45. The molecule has 16 heavy (non-hydrogen) atoms. The maximum absolute atomic E-state index is 13.0. The van der Waals surface area contributed by atoms with Crippen molar-refractivity contribution in [3.63, 3.8) is 0 Å². The van der Waals surface area contributed by atoms with E-state index in [9.17, 15) is 17.6 Å². The zero-order valence-corrected chi connectivity index (χ0v) is 7.49. The van der Waals surface area contributed by atoms with Gasteiger partial charge < -0.3 is 19.8 Å². The molecule has 0 radical (unpaired) electrons. The molecule has 0 heterocycles. The molecule has 0 atom stereocenters. The van der Waals surface area contributed by atoms with Gasteiger partial charge in [-0.15, -0.1) is 0 Å². The second-order valence-corrected chi connectivity index (χ2v) is 2.75. The van der Waals surface area contributed by atoms with Crippen LogP contribution in [0, 0.1) is 5.82 Å². The van der Waals surface area contributed by atoms with Gasteiger partial charge in [0.05, 0.1) is 5.56 Å². The third-order valence-corrected chi connectivity index (χ3v) is 1.57. The number of aromatic hydroxyl groups is 1. The molecule has 0 amide bonds. The quantitative estimate of drug-likeness (QED) is 0.530. The standard InChI is InChI=1S/C7H5BF4O4/c9-4-1-3(7(10,11)12)2-5(13)6(4)16-8(14)15/h1-2,13-15H. The first kappa shape index (κ1) is 12.6. The fraction of sp³-hybridized carbons (Fsp3) is 0.143. The molecular formula is C7H5BF4O4. The molecule has 3 N–H and O–H groups in total. The van der Waals surface area contributed by atoms with Crippen molar-refractivity contribution in [1.82, 2.24) is 0 Å². The number of alkyl halides is 3. The van der Waals surface area contributed by atoms with Gasteiger partial charge in [0.2, 0.25) is 0 Å². The molecular weight excluding hydrogens is 235 g/mol. The fourth-order valence-corrected chi connectivity index (χ4v) is 0.965. The molecule has 1 aromatic rings. The van der Waals surface area contributed by atoms with Crippen LogP contribution in [0.3, 0.4) is 0 Å². The molecule has 0 bridgehead atoms. The predicted octanol–water partition coefficient (Wildman–Crippen LogP) is 0.898. The first-order valence-electron chi connectivity index (χ1n) is 3.84. The molecule has 1 rings (SSSR count). The Morgan fingerprint density at radius 3 is 2.12 bits per heavy atom. The lowest BCUT2D eigenvalue weighted by Gasteiger charge is -2.11. The van der Waals surface area contributed by atoms with E-state index >= 15 is 0 Å². The summed E-state index contributed by atoms with van der Waals surface area (Å²) in [5, 5.41) is 25.6. The molecule has 0 aromatic heterocycles. The molecule has 0 spiro atoms. The van der Waals surface area contributed by atoms with Crippen molar-refractivity contribution in [2.45, 2.75) is 6.18 Å². The monoisotopic (exact) mass is 240 g/mol. The largest absolute Gasteiger partial charge is 0.707 e. The smallest absolute Gasteiger partial charge is 0.507 e. The van der Waals surface area contributed by atoms with E-state index < -0.39 is 36.4 Å². The molecule has 9 heteroatoms. The van der Waals surface area contributed by atoms with Crippen molar-refractivity contribution in [3.8, 4) is 11.5 Å². The van der Waals surface area contributed by atoms with Crippen LogP contribution in [-0.4, -0.2) is 22.5 Å². The van der Waals surface area contributed by atoms with Gasteiger partial charge >= 0.3 is 13.5 Å². The molecule has 0 aliphatic carbocycles. The van der Waals surface area contributed by atoms with E-state index in [4.69, 9.17) is 15.2 Å². The lowest BCUT2D eigenvalue weighted by molar-refractivity contribution is -0.137. The summed E-state index contributed by atoms with van der Waals surface area (Å²) in [6.45, 7) is 0. The first-order chi connectivity index (χ1) is 7.21. The SMILES string of the molecule is OB(O)Oc1c(O)cc(C(F)(F)F)cc1F. The maximum atomic E-state index is 13.0. The van der Waals surface area contributed by atoms with Gasteiger partial charge in [0.1, 0.15) is 0 Å². The Kier molecular flexibility index (Phi) is 3.29. The minimum atomic E-state index is -4.82. The lowest BCUT2D eigenvalue weighted by atomic mass is 10.1. The topological polar surface area (TPSA) is 69.9 Å². The lowest BCUT2D eigenvalue weighted by Crippen LogP contribution is -2.21. The van der Waals surface area contributed by atoms with E-state index in [2.05, 4.69) is 4.65 Å². The highest BCUT2D eigenvalue weighted by atomic mass is 19.4. The Morgan fingerprint density at radius 1 is 1.19 bits per heavy atom. The summed E-state index contributed by atoms with van der Waals surface area (Å²) < 4.78 is 53.3. The van der Waals surface area contributed by atoms with E-state index in [0.29, 0.717) is 0 Å². The van der Waals surface area contributed by atoms with Crippen molar-refractivity contribution in [2.24, 2.45) is 0 Å². The zero-order chi connectivity index (χ0) is 12.5. The summed E-state index contributed by atoms with van der Waals surface area (Å²) in [6.07, 6.45) is -4.82. The van der Waals surface area contributed by atoms with Crippen molar-refractivity contribution < 1.29 is 37.4 Å². The van der Waals surface area contributed by atoms with Crippen LogP contribution in [0.2, 0.25) is 0 Å². The van der Waals surface area contributed by atoms with Gasteiger partial charge in [-0.3, -0.25) is 0 Å². The fourth-order valence-electron chi connectivity index (χ4n) is 0.965. The Hall–Kier alpha value is -1.48. The van der Waals surface area contributed by atoms with Gasteiger partial charge in [-0.1, -0.05) is 0 Å². The van der Waals surface area contributed by atoms with Crippen LogP contribution in [0.4, 0.5) is 17.6 Å². The Balaban J connectivity index is 3.18. The van der Waals surface area contributed by atoms with Gasteiger partial charge in [0.25, 0.3) is 0 Å². The number of phenols is 1. The van der Waals surface area contributed by atoms with Crippen LogP contribution in [0.1, 0.15) is 5.56 Å². The van der Waals surface area contributed by atoms with E-state index in [1.54, 1.807) is 0 Å². The van der Waals surface area contributed by atoms with Crippen molar-refractivity contribution in [3.05, 3.63) is 23.5 Å². The number of hydrogen-bond acceptors (Lipinski definition) is 4. The average molecular weight is 240 g/mol. The Morgan fingerprint density at radius 2 is 1.75 bits per heavy atom. The molecule has 4 nitrogen and oxygen atoms in total. The van der Waals surface area contributed by atoms with Gasteiger partial charge in [0.15, 0.2) is 17.3 Å². The summed E-state index contributed by atoms with van der Waals surface area (Å²) in [6, 6.07) is 0.276. The van der Waals surface area contributed by atoms with Crippen molar-refractivity contribution in [1.29, 1.82) is 0 Å². The van der Waals surface area contributed by atoms with E-state index in [-0.39, 0.29) is 12.1 Å². The van der Waals surface area contributed by atoms with Crippen molar-refractivity contribution >= 4 is 7.32 Å². The molecule has 88 valence electrons. The zero-order valence-electron chi connectivity index (χ0n) is 7.49. The Labute approximate surface area is 86.9 Å². The number of hydrogen-bond donors (Lipinski definition) is 3. The highest BCUT2D eigenvalue weighted by Crippen LogP contribution is 2.37. The van der Waals surface area contributed by atoms with Gasteiger partial charge in [-0.05, 0) is 12.1 Å². The van der Waals surface area contributed by atoms with Crippen LogP contribution in [-0.2, 0) is 6.18 Å². The third-order valence-electron chi connectivity index (χ3n) is 1.57. The van der Waals surface area contributed by atoms with Gasteiger partial charge in [-0.2, -0.15) is 13.2 Å². The number of rotatable bonds is 2. The van der Waals surface area contributed by atoms with E-state index in [1.807, 2.05) is 0 Å². The van der Waals surface area contributed by atoms with Crippen molar-refractivity contribution in [2.75, 3.05) is 0 Å². The highest BCUT2D eigenvalue weighted by molar-refractivity contribution is 6.33. The number of phenolic OH excluding ortho intramolecular Hbond substituents is 1. The average Bonchev–Trinajstić information content (AvgIpc) is 2.09.